The minimum Gasteiger partial charge on any atom is -0.322 e. The Morgan fingerprint density at radius 2 is 1.48 bits per heavy atom. The number of nitriles is 1. The second-order valence-electron chi connectivity index (χ2n) is 8.35. The molecular weight excluding hydrogens is 354 g/mol. The van der Waals surface area contributed by atoms with E-state index in [0.29, 0.717) is 12.3 Å². The van der Waals surface area contributed by atoms with Gasteiger partial charge >= 0.3 is 0 Å². The standard InChI is InChI=1S/C26H29N3/c1-19(2)21-8-12-23(13-9-21)29(25-7-5-6-20(18-25)16-17-27)24-14-10-22(11-15-24)26(3,4)28/h5-15,18-19H,16,28H2,1-4H3. The van der Waals surface area contributed by atoms with Crippen LogP contribution in [-0.4, -0.2) is 0 Å². The molecule has 0 aliphatic rings. The SMILES string of the molecule is CC(C)c1ccc(N(c2ccc(C(C)(C)N)cc2)c2cccc(CC#N)c2)cc1. The maximum absolute atomic E-state index is 9.10. The lowest BCUT2D eigenvalue weighted by molar-refractivity contribution is 0.554. The number of benzene rings is 3. The average molecular weight is 384 g/mol. The Bertz CT molecular complexity index is 988. The van der Waals surface area contributed by atoms with Crippen molar-refractivity contribution in [2.75, 3.05) is 4.90 Å². The maximum Gasteiger partial charge on any atom is 0.0669 e. The van der Waals surface area contributed by atoms with Crippen molar-refractivity contribution in [3.63, 3.8) is 0 Å². The monoisotopic (exact) mass is 383 g/mol. The zero-order valence-corrected chi connectivity index (χ0v) is 17.7. The van der Waals surface area contributed by atoms with Gasteiger partial charge in [0.05, 0.1) is 12.5 Å². The van der Waals surface area contributed by atoms with Gasteiger partial charge in [0.1, 0.15) is 0 Å². The van der Waals surface area contributed by atoms with Crippen molar-refractivity contribution in [2.45, 2.75) is 45.6 Å². The Balaban J connectivity index is 2.09. The number of anilines is 3. The minimum atomic E-state index is -0.380. The van der Waals surface area contributed by atoms with Gasteiger partial charge in [-0.05, 0) is 72.9 Å². The highest BCUT2D eigenvalue weighted by molar-refractivity contribution is 5.77. The molecule has 3 aromatic carbocycles. The van der Waals surface area contributed by atoms with Gasteiger partial charge in [-0.2, -0.15) is 5.26 Å². The zero-order chi connectivity index (χ0) is 21.0. The molecule has 0 fully saturated rings. The van der Waals surface area contributed by atoms with Crippen LogP contribution in [0.1, 0.15) is 50.3 Å². The van der Waals surface area contributed by atoms with Crippen molar-refractivity contribution in [2.24, 2.45) is 5.73 Å². The molecule has 3 nitrogen and oxygen atoms in total. The van der Waals surface area contributed by atoms with Crippen LogP contribution in [-0.2, 0) is 12.0 Å². The Hall–Kier alpha value is -3.09. The number of hydrogen-bond acceptors (Lipinski definition) is 3. The van der Waals surface area contributed by atoms with Crippen LogP contribution in [0.3, 0.4) is 0 Å². The van der Waals surface area contributed by atoms with Gasteiger partial charge in [-0.3, -0.25) is 0 Å². The van der Waals surface area contributed by atoms with Crippen LogP contribution >= 0.6 is 0 Å². The lowest BCUT2D eigenvalue weighted by Crippen LogP contribution is -2.28. The first-order chi connectivity index (χ1) is 13.8. The van der Waals surface area contributed by atoms with Crippen LogP contribution in [0.2, 0.25) is 0 Å². The van der Waals surface area contributed by atoms with Crippen LogP contribution in [0.25, 0.3) is 0 Å². The van der Waals surface area contributed by atoms with Gasteiger partial charge in [-0.15, -0.1) is 0 Å². The Morgan fingerprint density at radius 1 is 0.897 bits per heavy atom. The largest absolute Gasteiger partial charge is 0.322 e. The molecule has 3 aromatic rings. The lowest BCUT2D eigenvalue weighted by atomic mass is 9.95. The van der Waals surface area contributed by atoms with E-state index in [1.54, 1.807) is 0 Å². The fourth-order valence-corrected chi connectivity index (χ4v) is 3.39. The van der Waals surface area contributed by atoms with Crippen LogP contribution in [0.15, 0.2) is 72.8 Å². The molecule has 0 heterocycles. The van der Waals surface area contributed by atoms with Crippen LogP contribution in [0.4, 0.5) is 17.1 Å². The molecule has 0 amide bonds. The molecule has 0 saturated carbocycles. The number of nitrogens with zero attached hydrogens (tertiary/aromatic N) is 2. The molecule has 29 heavy (non-hydrogen) atoms. The Labute approximate surface area is 174 Å². The summed E-state index contributed by atoms with van der Waals surface area (Å²) in [6.45, 7) is 8.42. The molecule has 0 spiro atoms. The van der Waals surface area contributed by atoms with E-state index in [1.807, 2.05) is 26.0 Å². The molecule has 0 atom stereocenters. The fourth-order valence-electron chi connectivity index (χ4n) is 3.39. The summed E-state index contributed by atoms with van der Waals surface area (Å²) in [5.74, 6) is 0.488. The minimum absolute atomic E-state index is 0.380. The first-order valence-corrected chi connectivity index (χ1v) is 10.0. The highest BCUT2D eigenvalue weighted by atomic mass is 15.1. The van der Waals surface area contributed by atoms with E-state index >= 15 is 0 Å². The summed E-state index contributed by atoms with van der Waals surface area (Å²) in [5, 5.41) is 9.10. The highest BCUT2D eigenvalue weighted by Crippen LogP contribution is 2.36. The molecule has 0 radical (unpaired) electrons. The third-order valence-electron chi connectivity index (χ3n) is 5.14. The third-order valence-corrected chi connectivity index (χ3v) is 5.14. The van der Waals surface area contributed by atoms with Gasteiger partial charge in [-0.1, -0.05) is 50.2 Å². The fraction of sp³-hybridized carbons (Fsp3) is 0.269. The molecule has 0 saturated heterocycles. The van der Waals surface area contributed by atoms with E-state index in [4.69, 9.17) is 11.0 Å². The predicted molar refractivity (Wildman–Crippen MR) is 122 cm³/mol. The van der Waals surface area contributed by atoms with Crippen molar-refractivity contribution in [1.29, 1.82) is 5.26 Å². The molecule has 0 unspecified atom stereocenters. The van der Waals surface area contributed by atoms with Crippen molar-refractivity contribution in [3.8, 4) is 6.07 Å². The molecule has 2 N–H and O–H groups in total. The van der Waals surface area contributed by atoms with E-state index in [1.165, 1.54) is 5.56 Å². The van der Waals surface area contributed by atoms with Gasteiger partial charge in [0, 0.05) is 22.6 Å². The Morgan fingerprint density at radius 3 is 2.00 bits per heavy atom. The summed E-state index contributed by atoms with van der Waals surface area (Å²) in [4.78, 5) is 2.22. The zero-order valence-electron chi connectivity index (χ0n) is 17.7. The Kier molecular flexibility index (Phi) is 6.06. The van der Waals surface area contributed by atoms with Crippen LogP contribution in [0, 0.1) is 11.3 Å². The predicted octanol–water partition coefficient (Wildman–Crippen LogP) is 6.54. The van der Waals surface area contributed by atoms with Crippen LogP contribution < -0.4 is 10.6 Å². The summed E-state index contributed by atoms with van der Waals surface area (Å²) in [7, 11) is 0. The highest BCUT2D eigenvalue weighted by Gasteiger charge is 2.17. The average Bonchev–Trinajstić information content (AvgIpc) is 2.69. The first kappa shape index (κ1) is 20.6. The maximum atomic E-state index is 9.10. The van der Waals surface area contributed by atoms with Crippen molar-refractivity contribution < 1.29 is 0 Å². The van der Waals surface area contributed by atoms with Gasteiger partial charge in [0.2, 0.25) is 0 Å². The van der Waals surface area contributed by atoms with E-state index in [0.717, 1.165) is 28.2 Å². The summed E-state index contributed by atoms with van der Waals surface area (Å²) in [5.41, 5.74) is 12.5. The van der Waals surface area contributed by atoms with Crippen molar-refractivity contribution in [3.05, 3.63) is 89.5 Å². The van der Waals surface area contributed by atoms with E-state index in [2.05, 4.69) is 85.5 Å². The third kappa shape index (κ3) is 4.85. The second-order valence-corrected chi connectivity index (χ2v) is 8.35. The number of nitrogens with two attached hydrogens (primary N) is 1. The molecule has 3 rings (SSSR count). The summed E-state index contributed by atoms with van der Waals surface area (Å²) in [6, 6.07) is 27.5. The van der Waals surface area contributed by atoms with E-state index in [9.17, 15) is 0 Å². The molecular formula is C26H29N3. The lowest BCUT2D eigenvalue weighted by Gasteiger charge is -2.27. The van der Waals surface area contributed by atoms with E-state index in [-0.39, 0.29) is 5.54 Å². The van der Waals surface area contributed by atoms with Crippen LogP contribution in [0.5, 0.6) is 0 Å². The van der Waals surface area contributed by atoms with Crippen molar-refractivity contribution >= 4 is 17.1 Å². The smallest absolute Gasteiger partial charge is 0.0669 e. The quantitative estimate of drug-likeness (QED) is 0.526. The van der Waals surface area contributed by atoms with E-state index < -0.39 is 0 Å². The number of rotatable bonds is 6. The summed E-state index contributed by atoms with van der Waals surface area (Å²) in [6.07, 6.45) is 0.397. The molecule has 0 aliphatic heterocycles. The van der Waals surface area contributed by atoms with Crippen molar-refractivity contribution in [1.82, 2.24) is 0 Å². The normalized spacial score (nSPS) is 11.3. The molecule has 148 valence electrons. The molecule has 3 heteroatoms. The second kappa shape index (κ2) is 8.51. The van der Waals surface area contributed by atoms with Gasteiger partial charge < -0.3 is 10.6 Å². The van der Waals surface area contributed by atoms with Gasteiger partial charge in [-0.25, -0.2) is 0 Å². The topological polar surface area (TPSA) is 53.0 Å². The first-order valence-electron chi connectivity index (χ1n) is 10.0. The van der Waals surface area contributed by atoms with Gasteiger partial charge in [0.25, 0.3) is 0 Å². The summed E-state index contributed by atoms with van der Waals surface area (Å²) < 4.78 is 0. The van der Waals surface area contributed by atoms with Gasteiger partial charge in [0.15, 0.2) is 0 Å². The molecule has 0 bridgehead atoms. The summed E-state index contributed by atoms with van der Waals surface area (Å²) >= 11 is 0. The number of hydrogen-bond donors (Lipinski definition) is 1. The molecule has 0 aromatic heterocycles. The molecule has 0 aliphatic carbocycles.